The van der Waals surface area contributed by atoms with Crippen molar-refractivity contribution in [2.75, 3.05) is 0 Å². The fourth-order valence-corrected chi connectivity index (χ4v) is 1.30. The molecule has 5 N–H and O–H groups in total. The normalized spacial score (nSPS) is 14.7. The molecule has 82 valence electrons. The van der Waals surface area contributed by atoms with Crippen LogP contribution in [0, 0.1) is 0 Å². The average molecular weight is 201 g/mol. The van der Waals surface area contributed by atoms with Crippen molar-refractivity contribution in [3.05, 3.63) is 0 Å². The molecule has 0 heterocycles. The number of nitrogens with one attached hydrogen (secondary N) is 1. The van der Waals surface area contributed by atoms with Crippen LogP contribution in [0.3, 0.4) is 0 Å². The SMILES string of the molecule is CCCC(C)N[C@@H](CC(N)=O)C(N)=O. The molecule has 2 atom stereocenters. The highest BCUT2D eigenvalue weighted by Crippen LogP contribution is 1.99. The summed E-state index contributed by atoms with van der Waals surface area (Å²) in [6, 6.07) is -0.481. The first-order chi connectivity index (χ1) is 6.47. The smallest absolute Gasteiger partial charge is 0.235 e. The highest BCUT2D eigenvalue weighted by Gasteiger charge is 2.19. The topological polar surface area (TPSA) is 98.2 Å². The van der Waals surface area contributed by atoms with Gasteiger partial charge in [-0.3, -0.25) is 9.59 Å². The minimum absolute atomic E-state index is 0.0383. The Morgan fingerprint density at radius 1 is 1.36 bits per heavy atom. The second-order valence-corrected chi connectivity index (χ2v) is 3.48. The fourth-order valence-electron chi connectivity index (χ4n) is 1.30. The summed E-state index contributed by atoms with van der Waals surface area (Å²) >= 11 is 0. The minimum atomic E-state index is -0.644. The lowest BCUT2D eigenvalue weighted by Gasteiger charge is -2.19. The van der Waals surface area contributed by atoms with E-state index in [4.69, 9.17) is 11.5 Å². The maximum absolute atomic E-state index is 10.9. The predicted molar refractivity (Wildman–Crippen MR) is 54.3 cm³/mol. The Morgan fingerprint density at radius 3 is 2.29 bits per heavy atom. The van der Waals surface area contributed by atoms with Crippen LogP contribution in [-0.2, 0) is 9.59 Å². The van der Waals surface area contributed by atoms with Gasteiger partial charge >= 0.3 is 0 Å². The summed E-state index contributed by atoms with van der Waals surface area (Å²) in [4.78, 5) is 21.6. The lowest BCUT2D eigenvalue weighted by atomic mass is 10.1. The number of hydrogen-bond donors (Lipinski definition) is 3. The lowest BCUT2D eigenvalue weighted by Crippen LogP contribution is -2.47. The second kappa shape index (κ2) is 6.37. The average Bonchev–Trinajstić information content (AvgIpc) is 2.02. The summed E-state index contributed by atoms with van der Waals surface area (Å²) in [7, 11) is 0. The molecule has 0 aliphatic heterocycles. The van der Waals surface area contributed by atoms with Crippen molar-refractivity contribution in [3.63, 3.8) is 0 Å². The number of carbonyl (C=O) groups is 2. The summed E-state index contributed by atoms with van der Waals surface area (Å²) in [6.07, 6.45) is 1.90. The second-order valence-electron chi connectivity index (χ2n) is 3.48. The van der Waals surface area contributed by atoms with Crippen molar-refractivity contribution in [2.24, 2.45) is 11.5 Å². The van der Waals surface area contributed by atoms with Crippen LogP contribution in [0.25, 0.3) is 0 Å². The molecule has 1 unspecified atom stereocenters. The fraction of sp³-hybridized carbons (Fsp3) is 0.778. The summed E-state index contributed by atoms with van der Waals surface area (Å²) in [5.41, 5.74) is 10.1. The van der Waals surface area contributed by atoms with Crippen molar-refractivity contribution < 1.29 is 9.59 Å². The predicted octanol–water partition coefficient (Wildman–Crippen LogP) is -0.506. The van der Waals surface area contributed by atoms with Crippen LogP contribution < -0.4 is 16.8 Å². The minimum Gasteiger partial charge on any atom is -0.370 e. The van der Waals surface area contributed by atoms with Gasteiger partial charge in [0.15, 0.2) is 0 Å². The number of nitrogens with two attached hydrogens (primary N) is 2. The van der Waals surface area contributed by atoms with Gasteiger partial charge in [-0.05, 0) is 13.3 Å². The van der Waals surface area contributed by atoms with Crippen LogP contribution in [0.4, 0.5) is 0 Å². The van der Waals surface area contributed by atoms with E-state index >= 15 is 0 Å². The van der Waals surface area contributed by atoms with E-state index in [1.165, 1.54) is 0 Å². The highest BCUT2D eigenvalue weighted by atomic mass is 16.2. The molecular weight excluding hydrogens is 182 g/mol. The van der Waals surface area contributed by atoms with Crippen LogP contribution in [0.1, 0.15) is 33.1 Å². The van der Waals surface area contributed by atoms with Gasteiger partial charge in [0.2, 0.25) is 11.8 Å². The van der Waals surface area contributed by atoms with Gasteiger partial charge in [0.05, 0.1) is 12.5 Å². The van der Waals surface area contributed by atoms with Gasteiger partial charge in [-0.1, -0.05) is 13.3 Å². The van der Waals surface area contributed by atoms with Crippen LogP contribution >= 0.6 is 0 Å². The van der Waals surface area contributed by atoms with Gasteiger partial charge in [0.1, 0.15) is 0 Å². The van der Waals surface area contributed by atoms with Crippen molar-refractivity contribution in [1.29, 1.82) is 0 Å². The number of carbonyl (C=O) groups excluding carboxylic acids is 2. The first kappa shape index (κ1) is 12.9. The molecule has 5 heteroatoms. The molecule has 0 radical (unpaired) electrons. The zero-order chi connectivity index (χ0) is 11.1. The third-order valence-electron chi connectivity index (χ3n) is 1.96. The molecule has 0 bridgehead atoms. The molecule has 0 rings (SSSR count). The summed E-state index contributed by atoms with van der Waals surface area (Å²) in [5, 5.41) is 2.97. The summed E-state index contributed by atoms with van der Waals surface area (Å²) in [5.74, 6) is -1.06. The van der Waals surface area contributed by atoms with Crippen LogP contribution in [0.5, 0.6) is 0 Å². The molecule has 0 spiro atoms. The van der Waals surface area contributed by atoms with E-state index in [9.17, 15) is 9.59 Å². The maximum Gasteiger partial charge on any atom is 0.235 e. The third kappa shape index (κ3) is 5.53. The van der Waals surface area contributed by atoms with Gasteiger partial charge in [-0.25, -0.2) is 0 Å². The molecule has 0 aromatic heterocycles. The molecule has 0 fully saturated rings. The zero-order valence-electron chi connectivity index (χ0n) is 8.75. The molecule has 2 amide bonds. The third-order valence-corrected chi connectivity index (χ3v) is 1.96. The molecule has 5 nitrogen and oxygen atoms in total. The van der Waals surface area contributed by atoms with Gasteiger partial charge < -0.3 is 16.8 Å². The van der Waals surface area contributed by atoms with E-state index in [0.29, 0.717) is 0 Å². The van der Waals surface area contributed by atoms with E-state index in [0.717, 1.165) is 12.8 Å². The lowest BCUT2D eigenvalue weighted by molar-refractivity contribution is -0.125. The summed E-state index contributed by atoms with van der Waals surface area (Å²) in [6.45, 7) is 3.99. The number of hydrogen-bond acceptors (Lipinski definition) is 3. The van der Waals surface area contributed by atoms with E-state index in [1.807, 2.05) is 13.8 Å². The molecule has 0 aliphatic rings. The van der Waals surface area contributed by atoms with E-state index in [1.54, 1.807) is 0 Å². The van der Waals surface area contributed by atoms with Crippen molar-refractivity contribution in [3.8, 4) is 0 Å². The molecule has 0 aliphatic carbocycles. The van der Waals surface area contributed by atoms with E-state index < -0.39 is 17.9 Å². The Labute approximate surface area is 84.2 Å². The Morgan fingerprint density at radius 2 is 1.93 bits per heavy atom. The monoisotopic (exact) mass is 201 g/mol. The zero-order valence-corrected chi connectivity index (χ0v) is 8.75. The number of primary amides is 2. The van der Waals surface area contributed by atoms with Gasteiger partial charge in [-0.2, -0.15) is 0 Å². The Hall–Kier alpha value is -1.10. The maximum atomic E-state index is 10.9. The standard InChI is InChI=1S/C9H19N3O2/c1-3-4-6(2)12-7(9(11)14)5-8(10)13/h6-7,12H,3-5H2,1-2H3,(H2,10,13)(H2,11,14)/t6?,7-/m0/s1. The Balaban J connectivity index is 4.08. The van der Waals surface area contributed by atoms with Gasteiger partial charge in [-0.15, -0.1) is 0 Å². The highest BCUT2D eigenvalue weighted by molar-refractivity contribution is 5.86. The number of rotatable bonds is 7. The van der Waals surface area contributed by atoms with Gasteiger partial charge in [0.25, 0.3) is 0 Å². The molecular formula is C9H19N3O2. The molecule has 0 aromatic carbocycles. The Kier molecular flexibility index (Phi) is 5.87. The van der Waals surface area contributed by atoms with Crippen molar-refractivity contribution in [1.82, 2.24) is 5.32 Å². The first-order valence-corrected chi connectivity index (χ1v) is 4.81. The van der Waals surface area contributed by atoms with Crippen LogP contribution in [0.15, 0.2) is 0 Å². The van der Waals surface area contributed by atoms with Crippen molar-refractivity contribution in [2.45, 2.75) is 45.2 Å². The van der Waals surface area contributed by atoms with Gasteiger partial charge in [0, 0.05) is 6.04 Å². The van der Waals surface area contributed by atoms with E-state index in [2.05, 4.69) is 5.32 Å². The van der Waals surface area contributed by atoms with Crippen LogP contribution in [0.2, 0.25) is 0 Å². The Bertz CT molecular complexity index is 206. The molecule has 0 saturated carbocycles. The molecule has 0 saturated heterocycles. The summed E-state index contributed by atoms with van der Waals surface area (Å²) < 4.78 is 0. The van der Waals surface area contributed by atoms with E-state index in [-0.39, 0.29) is 12.5 Å². The first-order valence-electron chi connectivity index (χ1n) is 4.81. The van der Waals surface area contributed by atoms with Crippen molar-refractivity contribution >= 4 is 11.8 Å². The largest absolute Gasteiger partial charge is 0.370 e. The molecule has 14 heavy (non-hydrogen) atoms. The quantitative estimate of drug-likeness (QED) is 0.517. The van der Waals surface area contributed by atoms with Crippen LogP contribution in [-0.4, -0.2) is 23.9 Å². The molecule has 0 aromatic rings. The number of amides is 2.